The zero-order valence-electron chi connectivity index (χ0n) is 7.48. The predicted octanol–water partition coefficient (Wildman–Crippen LogP) is 1.10. The van der Waals surface area contributed by atoms with Crippen molar-refractivity contribution >= 4 is 6.08 Å². The second kappa shape index (κ2) is 4.14. The van der Waals surface area contributed by atoms with E-state index in [2.05, 4.69) is 27.4 Å². The van der Waals surface area contributed by atoms with E-state index >= 15 is 0 Å². The van der Waals surface area contributed by atoms with Gasteiger partial charge in [-0.2, -0.15) is 0 Å². The van der Waals surface area contributed by atoms with Crippen LogP contribution in [0.4, 0.5) is 0 Å². The number of nitrogens with zero attached hydrogens (tertiary/aromatic N) is 2. The van der Waals surface area contributed by atoms with Gasteiger partial charge in [0, 0.05) is 24.5 Å². The highest BCUT2D eigenvalue weighted by Gasteiger charge is 2.09. The summed E-state index contributed by atoms with van der Waals surface area (Å²) in [7, 11) is 0. The normalized spacial score (nSPS) is 22.6. The van der Waals surface area contributed by atoms with Gasteiger partial charge in [0.2, 0.25) is 0 Å². The summed E-state index contributed by atoms with van der Waals surface area (Å²) in [5, 5.41) is 3.33. The first-order valence-corrected chi connectivity index (χ1v) is 4.59. The molecule has 1 aromatic heterocycles. The maximum absolute atomic E-state index is 3.95. The highest BCUT2D eigenvalue weighted by atomic mass is 14.9. The number of nitrogens with one attached hydrogen (secondary N) is 1. The van der Waals surface area contributed by atoms with Crippen molar-refractivity contribution in [2.45, 2.75) is 6.42 Å². The van der Waals surface area contributed by atoms with Gasteiger partial charge >= 0.3 is 0 Å². The Morgan fingerprint density at radius 3 is 2.92 bits per heavy atom. The molecule has 0 amide bonds. The molecule has 0 radical (unpaired) electrons. The zero-order chi connectivity index (χ0) is 8.93. The standard InChI is InChI=1S/C10H13N3/c1(9-3-4-11-5-9)2-10-6-12-8-13-7-10/h1-2,6-9,11H,3-5H2/t9-/m0/s1. The minimum absolute atomic E-state index is 0.681. The number of rotatable bonds is 2. The van der Waals surface area contributed by atoms with Crippen LogP contribution in [0.1, 0.15) is 12.0 Å². The van der Waals surface area contributed by atoms with Crippen LogP contribution in [0, 0.1) is 5.92 Å². The van der Waals surface area contributed by atoms with Crippen LogP contribution in [0.2, 0.25) is 0 Å². The van der Waals surface area contributed by atoms with Gasteiger partial charge in [0.05, 0.1) is 0 Å². The van der Waals surface area contributed by atoms with E-state index in [1.165, 1.54) is 6.42 Å². The molecule has 1 N–H and O–H groups in total. The molecule has 13 heavy (non-hydrogen) atoms. The van der Waals surface area contributed by atoms with Gasteiger partial charge in [0.25, 0.3) is 0 Å². The Morgan fingerprint density at radius 1 is 1.38 bits per heavy atom. The average Bonchev–Trinajstić information content (AvgIpc) is 2.69. The molecule has 1 atom stereocenters. The maximum atomic E-state index is 3.95. The highest BCUT2D eigenvalue weighted by molar-refractivity contribution is 5.46. The van der Waals surface area contributed by atoms with E-state index in [-0.39, 0.29) is 0 Å². The van der Waals surface area contributed by atoms with Crippen LogP contribution in [0.15, 0.2) is 24.8 Å². The van der Waals surface area contributed by atoms with Gasteiger partial charge in [0.15, 0.2) is 0 Å². The highest BCUT2D eigenvalue weighted by Crippen LogP contribution is 2.10. The van der Waals surface area contributed by atoms with Crippen LogP contribution in [-0.2, 0) is 0 Å². The molecule has 1 saturated heterocycles. The molecular formula is C10H13N3. The summed E-state index contributed by atoms with van der Waals surface area (Å²) in [4.78, 5) is 7.90. The summed E-state index contributed by atoms with van der Waals surface area (Å²) in [5.41, 5.74) is 1.08. The summed E-state index contributed by atoms with van der Waals surface area (Å²) >= 11 is 0. The molecule has 0 unspecified atom stereocenters. The fraction of sp³-hybridized carbons (Fsp3) is 0.400. The first-order valence-electron chi connectivity index (χ1n) is 4.59. The summed E-state index contributed by atoms with van der Waals surface area (Å²) in [6.45, 7) is 2.24. The topological polar surface area (TPSA) is 37.8 Å². The van der Waals surface area contributed by atoms with Crippen molar-refractivity contribution in [1.29, 1.82) is 0 Å². The molecule has 1 fully saturated rings. The van der Waals surface area contributed by atoms with Crippen LogP contribution in [-0.4, -0.2) is 23.1 Å². The predicted molar refractivity (Wildman–Crippen MR) is 52.0 cm³/mol. The van der Waals surface area contributed by atoms with E-state index in [9.17, 15) is 0 Å². The number of hydrogen-bond acceptors (Lipinski definition) is 3. The molecule has 2 rings (SSSR count). The summed E-state index contributed by atoms with van der Waals surface area (Å²) in [5.74, 6) is 0.681. The van der Waals surface area contributed by atoms with Crippen molar-refractivity contribution in [2.75, 3.05) is 13.1 Å². The van der Waals surface area contributed by atoms with E-state index in [0.717, 1.165) is 18.7 Å². The SMILES string of the molecule is C(=C[C@H]1CCNC1)c1cncnc1. The lowest BCUT2D eigenvalue weighted by Crippen LogP contribution is -2.07. The maximum Gasteiger partial charge on any atom is 0.115 e. The Kier molecular flexibility index (Phi) is 2.67. The fourth-order valence-electron chi connectivity index (χ4n) is 1.49. The van der Waals surface area contributed by atoms with Crippen molar-refractivity contribution in [3.63, 3.8) is 0 Å². The van der Waals surface area contributed by atoms with Crippen LogP contribution < -0.4 is 5.32 Å². The van der Waals surface area contributed by atoms with Gasteiger partial charge in [0.1, 0.15) is 6.33 Å². The third-order valence-electron chi connectivity index (χ3n) is 2.24. The molecule has 3 heteroatoms. The lowest BCUT2D eigenvalue weighted by atomic mass is 10.1. The van der Waals surface area contributed by atoms with Gasteiger partial charge in [-0.05, 0) is 18.9 Å². The van der Waals surface area contributed by atoms with Crippen LogP contribution in [0.5, 0.6) is 0 Å². The monoisotopic (exact) mass is 175 g/mol. The van der Waals surface area contributed by atoms with E-state index < -0.39 is 0 Å². The van der Waals surface area contributed by atoms with Crippen molar-refractivity contribution in [2.24, 2.45) is 5.92 Å². The van der Waals surface area contributed by atoms with E-state index in [1.807, 2.05) is 12.4 Å². The second-order valence-electron chi connectivity index (χ2n) is 3.28. The largest absolute Gasteiger partial charge is 0.316 e. The van der Waals surface area contributed by atoms with Gasteiger partial charge < -0.3 is 5.32 Å². The Bertz CT molecular complexity index is 275. The van der Waals surface area contributed by atoms with Crippen molar-refractivity contribution in [1.82, 2.24) is 15.3 Å². The third kappa shape index (κ3) is 2.36. The van der Waals surface area contributed by atoms with Gasteiger partial charge in [-0.1, -0.05) is 12.2 Å². The molecule has 1 aliphatic rings. The molecule has 2 heterocycles. The van der Waals surface area contributed by atoms with Gasteiger partial charge in [-0.25, -0.2) is 9.97 Å². The van der Waals surface area contributed by atoms with E-state index in [1.54, 1.807) is 6.33 Å². The summed E-state index contributed by atoms with van der Waals surface area (Å²) in [6, 6.07) is 0. The van der Waals surface area contributed by atoms with Crippen molar-refractivity contribution < 1.29 is 0 Å². The number of aromatic nitrogens is 2. The van der Waals surface area contributed by atoms with Crippen molar-refractivity contribution in [3.8, 4) is 0 Å². The quantitative estimate of drug-likeness (QED) is 0.731. The fourth-order valence-corrected chi connectivity index (χ4v) is 1.49. The van der Waals surface area contributed by atoms with E-state index in [4.69, 9.17) is 0 Å². The Labute approximate surface area is 77.9 Å². The minimum atomic E-state index is 0.681. The molecule has 68 valence electrons. The van der Waals surface area contributed by atoms with Crippen molar-refractivity contribution in [3.05, 3.63) is 30.4 Å². The Hall–Kier alpha value is -1.22. The molecule has 0 bridgehead atoms. The smallest absolute Gasteiger partial charge is 0.115 e. The van der Waals surface area contributed by atoms with Crippen LogP contribution >= 0.6 is 0 Å². The lowest BCUT2D eigenvalue weighted by Gasteiger charge is -1.98. The molecule has 0 spiro atoms. The Morgan fingerprint density at radius 2 is 2.23 bits per heavy atom. The molecule has 1 aromatic rings. The Balaban J connectivity index is 1.97. The first-order chi connectivity index (χ1) is 6.45. The molecule has 1 aliphatic heterocycles. The van der Waals surface area contributed by atoms with Crippen LogP contribution in [0.25, 0.3) is 6.08 Å². The summed E-state index contributed by atoms with van der Waals surface area (Å²) in [6.07, 6.45) is 10.8. The van der Waals surface area contributed by atoms with E-state index in [0.29, 0.717) is 5.92 Å². The average molecular weight is 175 g/mol. The third-order valence-corrected chi connectivity index (χ3v) is 2.24. The lowest BCUT2D eigenvalue weighted by molar-refractivity contribution is 0.731. The molecule has 0 aromatic carbocycles. The van der Waals surface area contributed by atoms with Gasteiger partial charge in [-0.3, -0.25) is 0 Å². The van der Waals surface area contributed by atoms with Crippen LogP contribution in [0.3, 0.4) is 0 Å². The molecular weight excluding hydrogens is 162 g/mol. The zero-order valence-corrected chi connectivity index (χ0v) is 7.48. The molecule has 0 aliphatic carbocycles. The second-order valence-corrected chi connectivity index (χ2v) is 3.28. The van der Waals surface area contributed by atoms with Gasteiger partial charge in [-0.15, -0.1) is 0 Å². The summed E-state index contributed by atoms with van der Waals surface area (Å²) < 4.78 is 0. The minimum Gasteiger partial charge on any atom is -0.316 e. The molecule has 3 nitrogen and oxygen atoms in total. The molecule has 0 saturated carbocycles. The first kappa shape index (κ1) is 8.38. The number of hydrogen-bond donors (Lipinski definition) is 1.